The lowest BCUT2D eigenvalue weighted by molar-refractivity contribution is 0.0515. The van der Waals surface area contributed by atoms with E-state index in [-0.39, 0.29) is 5.97 Å². The van der Waals surface area contributed by atoms with Gasteiger partial charge in [-0.1, -0.05) is 30.3 Å². The highest BCUT2D eigenvalue weighted by molar-refractivity contribution is 5.89. The predicted octanol–water partition coefficient (Wildman–Crippen LogP) is 3.46. The summed E-state index contributed by atoms with van der Waals surface area (Å²) in [4.78, 5) is 14.9. The molecule has 5 nitrogen and oxygen atoms in total. The Bertz CT molecular complexity index is 780. The number of aromatic nitrogens is 2. The molecule has 1 fully saturated rings. The normalized spacial score (nSPS) is 16.9. The van der Waals surface area contributed by atoms with E-state index in [0.29, 0.717) is 12.3 Å². The number of benzene rings is 1. The molecule has 5 heteroatoms. The fourth-order valence-corrected chi connectivity index (χ4v) is 3.95. The third-order valence-electron chi connectivity index (χ3n) is 5.59. The van der Waals surface area contributed by atoms with E-state index in [1.54, 1.807) is 0 Å². The summed E-state index contributed by atoms with van der Waals surface area (Å²) in [5, 5.41) is 4.67. The third-order valence-corrected chi connectivity index (χ3v) is 5.59. The van der Waals surface area contributed by atoms with Crippen LogP contribution in [-0.2, 0) is 30.7 Å². The Morgan fingerprint density at radius 1 is 1.26 bits per heavy atom. The van der Waals surface area contributed by atoms with E-state index in [2.05, 4.69) is 45.0 Å². The van der Waals surface area contributed by atoms with Gasteiger partial charge in [0.25, 0.3) is 0 Å². The Morgan fingerprint density at radius 2 is 2.07 bits per heavy atom. The second kappa shape index (κ2) is 8.26. The Hall–Kier alpha value is -2.14. The third kappa shape index (κ3) is 4.41. The number of esters is 1. The number of rotatable bonds is 8. The maximum absolute atomic E-state index is 12.4. The largest absolute Gasteiger partial charge is 0.461 e. The lowest BCUT2D eigenvalue weighted by atomic mass is 10.0. The molecule has 2 aromatic rings. The molecular weight excluding hydrogens is 338 g/mol. The molecule has 0 unspecified atom stereocenters. The van der Waals surface area contributed by atoms with Gasteiger partial charge in [-0.15, -0.1) is 0 Å². The van der Waals surface area contributed by atoms with Crippen molar-refractivity contribution in [2.45, 2.75) is 52.1 Å². The number of hydrogen-bond acceptors (Lipinski definition) is 4. The molecule has 4 rings (SSSR count). The van der Waals surface area contributed by atoms with Crippen LogP contribution in [0.5, 0.6) is 0 Å². The van der Waals surface area contributed by atoms with Crippen LogP contribution in [0.25, 0.3) is 0 Å². The van der Waals surface area contributed by atoms with Crippen LogP contribution < -0.4 is 0 Å². The summed E-state index contributed by atoms with van der Waals surface area (Å²) in [5.41, 5.74) is 4.28. The Morgan fingerprint density at radius 3 is 2.81 bits per heavy atom. The van der Waals surface area contributed by atoms with Crippen molar-refractivity contribution in [3.8, 4) is 0 Å². The van der Waals surface area contributed by atoms with E-state index in [4.69, 9.17) is 4.74 Å². The van der Waals surface area contributed by atoms with Crippen molar-refractivity contribution in [1.29, 1.82) is 0 Å². The van der Waals surface area contributed by atoms with Gasteiger partial charge in [0.1, 0.15) is 0 Å². The number of aryl methyl sites for hydroxylation is 1. The molecule has 0 bridgehead atoms. The second-order valence-corrected chi connectivity index (χ2v) is 7.74. The van der Waals surface area contributed by atoms with Crippen molar-refractivity contribution >= 4 is 5.97 Å². The fraction of sp³-hybridized carbons (Fsp3) is 0.545. The van der Waals surface area contributed by atoms with Gasteiger partial charge in [-0.3, -0.25) is 9.58 Å². The van der Waals surface area contributed by atoms with E-state index in [1.165, 1.54) is 24.1 Å². The van der Waals surface area contributed by atoms with Gasteiger partial charge >= 0.3 is 5.97 Å². The zero-order chi connectivity index (χ0) is 18.6. The van der Waals surface area contributed by atoms with Crippen LogP contribution in [-0.4, -0.2) is 40.3 Å². The molecular formula is C22H29N3O2. The first-order valence-electron chi connectivity index (χ1n) is 10.3. The zero-order valence-corrected chi connectivity index (χ0v) is 16.2. The lowest BCUT2D eigenvalue weighted by Crippen LogP contribution is -2.33. The van der Waals surface area contributed by atoms with Gasteiger partial charge in [0.15, 0.2) is 5.69 Å². The summed E-state index contributed by atoms with van der Waals surface area (Å²) >= 11 is 0. The molecule has 1 aliphatic carbocycles. The van der Waals surface area contributed by atoms with Gasteiger partial charge in [-0.05, 0) is 50.6 Å². The van der Waals surface area contributed by atoms with E-state index in [0.717, 1.165) is 56.9 Å². The van der Waals surface area contributed by atoms with Gasteiger partial charge in [0.2, 0.25) is 0 Å². The summed E-state index contributed by atoms with van der Waals surface area (Å²) in [6.45, 7) is 6.09. The van der Waals surface area contributed by atoms with E-state index in [1.807, 2.05) is 6.92 Å². The lowest BCUT2D eigenvalue weighted by Gasteiger charge is -2.27. The highest BCUT2D eigenvalue weighted by Gasteiger charge is 2.31. The van der Waals surface area contributed by atoms with Gasteiger partial charge in [-0.25, -0.2) is 4.79 Å². The maximum Gasteiger partial charge on any atom is 0.359 e. The van der Waals surface area contributed by atoms with Crippen molar-refractivity contribution in [3.05, 3.63) is 52.8 Å². The van der Waals surface area contributed by atoms with Gasteiger partial charge in [0, 0.05) is 37.3 Å². The van der Waals surface area contributed by atoms with E-state index < -0.39 is 0 Å². The average molecular weight is 367 g/mol. The van der Waals surface area contributed by atoms with Crippen LogP contribution in [0.2, 0.25) is 0 Å². The molecule has 1 aliphatic heterocycles. The van der Waals surface area contributed by atoms with E-state index in [9.17, 15) is 4.79 Å². The highest BCUT2D eigenvalue weighted by atomic mass is 16.5. The molecule has 27 heavy (non-hydrogen) atoms. The Labute approximate surface area is 161 Å². The summed E-state index contributed by atoms with van der Waals surface area (Å²) in [7, 11) is 0. The number of ether oxygens (including phenoxy) is 1. The molecule has 0 radical (unpaired) electrons. The number of carbonyl (C=O) groups is 1. The van der Waals surface area contributed by atoms with Gasteiger partial charge in [-0.2, -0.15) is 5.10 Å². The number of nitrogens with zero attached hydrogens (tertiary/aromatic N) is 3. The second-order valence-electron chi connectivity index (χ2n) is 7.74. The van der Waals surface area contributed by atoms with Crippen molar-refractivity contribution in [3.63, 3.8) is 0 Å². The van der Waals surface area contributed by atoms with Gasteiger partial charge in [0.05, 0.1) is 6.61 Å². The van der Waals surface area contributed by atoms with Crippen LogP contribution in [0, 0.1) is 5.92 Å². The monoisotopic (exact) mass is 367 g/mol. The summed E-state index contributed by atoms with van der Waals surface area (Å²) in [5.74, 6) is 0.474. The molecule has 0 atom stereocenters. The molecule has 0 spiro atoms. The smallest absolute Gasteiger partial charge is 0.359 e. The summed E-state index contributed by atoms with van der Waals surface area (Å²) < 4.78 is 7.37. The molecule has 2 heterocycles. The van der Waals surface area contributed by atoms with Crippen LogP contribution in [0.4, 0.5) is 0 Å². The van der Waals surface area contributed by atoms with Crippen molar-refractivity contribution in [2.75, 3.05) is 19.7 Å². The maximum atomic E-state index is 12.4. The highest BCUT2D eigenvalue weighted by Crippen LogP contribution is 2.32. The summed E-state index contributed by atoms with van der Waals surface area (Å²) in [6, 6.07) is 10.6. The Kier molecular flexibility index (Phi) is 5.58. The molecule has 0 saturated heterocycles. The first-order chi connectivity index (χ1) is 13.2. The minimum absolute atomic E-state index is 0.269. The Balaban J connectivity index is 1.43. The molecule has 1 saturated carbocycles. The first kappa shape index (κ1) is 18.2. The number of fused-ring (bicyclic) bond motifs is 1. The quantitative estimate of drug-likeness (QED) is 0.671. The molecule has 144 valence electrons. The molecule has 0 amide bonds. The topological polar surface area (TPSA) is 47.4 Å². The van der Waals surface area contributed by atoms with Crippen molar-refractivity contribution < 1.29 is 9.53 Å². The van der Waals surface area contributed by atoms with Crippen molar-refractivity contribution in [2.24, 2.45) is 5.92 Å². The summed E-state index contributed by atoms with van der Waals surface area (Å²) in [6.07, 6.45) is 5.77. The molecule has 1 aromatic heterocycles. The van der Waals surface area contributed by atoms with Crippen LogP contribution >= 0.6 is 0 Å². The van der Waals surface area contributed by atoms with Crippen LogP contribution in [0.1, 0.15) is 53.5 Å². The zero-order valence-electron chi connectivity index (χ0n) is 16.2. The van der Waals surface area contributed by atoms with E-state index >= 15 is 0 Å². The van der Waals surface area contributed by atoms with Crippen LogP contribution in [0.15, 0.2) is 30.3 Å². The van der Waals surface area contributed by atoms with Crippen LogP contribution in [0.3, 0.4) is 0 Å². The predicted molar refractivity (Wildman–Crippen MR) is 105 cm³/mol. The van der Waals surface area contributed by atoms with Crippen molar-refractivity contribution in [1.82, 2.24) is 14.7 Å². The fourth-order valence-electron chi connectivity index (χ4n) is 3.95. The first-order valence-corrected chi connectivity index (χ1v) is 10.3. The minimum Gasteiger partial charge on any atom is -0.461 e. The number of carbonyl (C=O) groups excluding carboxylic acids is 1. The molecule has 2 aliphatic rings. The number of hydrogen-bond donors (Lipinski definition) is 0. The average Bonchev–Trinajstić information content (AvgIpc) is 3.43. The molecule has 1 aromatic carbocycles. The standard InChI is InChI=1S/C22H29N3O2/c1-2-27-22(26)21-19-16-24(13-6-9-17-7-4-3-5-8-17)14-12-20(19)25(23-21)15-18-10-11-18/h3-5,7-8,18H,2,6,9-16H2,1H3. The van der Waals surface area contributed by atoms with Gasteiger partial charge < -0.3 is 4.74 Å². The molecule has 0 N–H and O–H groups in total. The minimum atomic E-state index is -0.269. The SMILES string of the molecule is CCOC(=O)c1nn(CC2CC2)c2c1CN(CCCc1ccccc1)CC2.